The van der Waals surface area contributed by atoms with Crippen molar-refractivity contribution < 1.29 is 19.1 Å². The Morgan fingerprint density at radius 3 is 2.56 bits per heavy atom. The molecule has 1 atom stereocenters. The second-order valence-corrected chi connectivity index (χ2v) is 6.09. The van der Waals surface area contributed by atoms with Gasteiger partial charge in [0.1, 0.15) is 6.04 Å². The highest BCUT2D eigenvalue weighted by Crippen LogP contribution is 2.27. The van der Waals surface area contributed by atoms with Crippen LogP contribution >= 0.6 is 0 Å². The van der Waals surface area contributed by atoms with Crippen LogP contribution in [0.25, 0.3) is 0 Å². The summed E-state index contributed by atoms with van der Waals surface area (Å²) in [5.41, 5.74) is 0.892. The van der Waals surface area contributed by atoms with Crippen molar-refractivity contribution in [1.29, 1.82) is 0 Å². The number of amides is 2. The van der Waals surface area contributed by atoms with Crippen LogP contribution in [0.2, 0.25) is 0 Å². The minimum absolute atomic E-state index is 0.147. The number of ether oxygens (including phenoxy) is 2. The van der Waals surface area contributed by atoms with E-state index in [0.717, 1.165) is 5.56 Å². The first-order valence-corrected chi connectivity index (χ1v) is 8.63. The minimum atomic E-state index is -0.605. The van der Waals surface area contributed by atoms with E-state index in [1.54, 1.807) is 26.4 Å². The molecule has 0 saturated heterocycles. The monoisotopic (exact) mass is 367 g/mol. The van der Waals surface area contributed by atoms with E-state index in [1.165, 1.54) is 0 Å². The molecule has 0 saturated carbocycles. The number of para-hydroxylation sites is 2. The zero-order chi connectivity index (χ0) is 19.2. The van der Waals surface area contributed by atoms with E-state index in [0.29, 0.717) is 35.2 Å². The number of rotatable bonds is 7. The highest BCUT2D eigenvalue weighted by molar-refractivity contribution is 5.84. The summed E-state index contributed by atoms with van der Waals surface area (Å²) in [6.07, 6.45) is 0.527. The van der Waals surface area contributed by atoms with Gasteiger partial charge >= 0.3 is 0 Å². The van der Waals surface area contributed by atoms with Crippen molar-refractivity contribution in [3.8, 4) is 11.5 Å². The number of hydrogen-bond donors (Lipinski definition) is 1. The highest BCUT2D eigenvalue weighted by Gasteiger charge is 2.20. The average Bonchev–Trinajstić information content (AvgIpc) is 2.70. The first kappa shape index (κ1) is 18.6. The van der Waals surface area contributed by atoms with Gasteiger partial charge in [-0.15, -0.1) is 0 Å². The standard InChI is InChI=1S/C20H21N3O4/c1-26-17-9-7-13(11-18(17)27-2)12-21-19(24)10-8-16-20(25)23-15-6-4-3-5-14(15)22-16/h3-7,9,11,16H,8,10,12H2,1-2H3,(H,21,24). The third-order valence-corrected chi connectivity index (χ3v) is 4.27. The number of nitrogens with zero attached hydrogens (tertiary/aromatic N) is 2. The predicted molar refractivity (Wildman–Crippen MR) is 98.2 cm³/mol. The van der Waals surface area contributed by atoms with Crippen molar-refractivity contribution in [3.63, 3.8) is 0 Å². The van der Waals surface area contributed by atoms with Gasteiger partial charge in [-0.2, -0.15) is 0 Å². The molecule has 140 valence electrons. The summed E-state index contributed by atoms with van der Waals surface area (Å²) in [6.45, 7) is 0.363. The van der Waals surface area contributed by atoms with Crippen LogP contribution in [0.5, 0.6) is 11.5 Å². The van der Waals surface area contributed by atoms with Crippen molar-refractivity contribution in [2.24, 2.45) is 9.98 Å². The Morgan fingerprint density at radius 2 is 1.81 bits per heavy atom. The van der Waals surface area contributed by atoms with Crippen molar-refractivity contribution in [2.75, 3.05) is 14.2 Å². The van der Waals surface area contributed by atoms with Crippen LogP contribution in [0.3, 0.4) is 0 Å². The number of fused-ring (bicyclic) bond motifs is 1. The largest absolute Gasteiger partial charge is 0.493 e. The molecule has 3 rings (SSSR count). The molecule has 7 nitrogen and oxygen atoms in total. The third kappa shape index (κ3) is 4.49. The van der Waals surface area contributed by atoms with E-state index >= 15 is 0 Å². The fourth-order valence-corrected chi connectivity index (χ4v) is 2.82. The SMILES string of the molecule is COc1ccc(CNC(=O)CCC2N=c3ccccc3=NC2=O)cc1OC. The molecule has 0 aliphatic carbocycles. The Kier molecular flexibility index (Phi) is 5.80. The summed E-state index contributed by atoms with van der Waals surface area (Å²) in [5.74, 6) is 0.790. The Morgan fingerprint density at radius 1 is 1.07 bits per heavy atom. The van der Waals surface area contributed by atoms with Gasteiger partial charge in [-0.25, -0.2) is 4.99 Å². The second kappa shape index (κ2) is 8.44. The van der Waals surface area contributed by atoms with Crippen molar-refractivity contribution in [3.05, 3.63) is 58.7 Å². The molecule has 1 aliphatic rings. The molecule has 27 heavy (non-hydrogen) atoms. The Balaban J connectivity index is 1.55. The van der Waals surface area contributed by atoms with Crippen LogP contribution in [0.1, 0.15) is 18.4 Å². The van der Waals surface area contributed by atoms with Gasteiger partial charge in [0.2, 0.25) is 5.91 Å². The second-order valence-electron chi connectivity index (χ2n) is 6.09. The zero-order valence-corrected chi connectivity index (χ0v) is 15.3. The average molecular weight is 367 g/mol. The predicted octanol–water partition coefficient (Wildman–Crippen LogP) is 0.948. The van der Waals surface area contributed by atoms with Crippen LogP contribution in [-0.2, 0) is 16.1 Å². The molecule has 1 unspecified atom stereocenters. The quantitative estimate of drug-likeness (QED) is 0.789. The summed E-state index contributed by atoms with van der Waals surface area (Å²) >= 11 is 0. The van der Waals surface area contributed by atoms with Gasteiger partial charge in [0, 0.05) is 13.0 Å². The van der Waals surface area contributed by atoms with Gasteiger partial charge in [0.25, 0.3) is 5.91 Å². The molecule has 0 radical (unpaired) electrons. The fraction of sp³-hybridized carbons (Fsp3) is 0.300. The molecule has 2 aromatic carbocycles. The summed E-state index contributed by atoms with van der Waals surface area (Å²) in [5, 5.41) is 4.11. The van der Waals surface area contributed by atoms with Crippen molar-refractivity contribution >= 4 is 11.8 Å². The maximum atomic E-state index is 12.1. The highest BCUT2D eigenvalue weighted by atomic mass is 16.5. The summed E-state index contributed by atoms with van der Waals surface area (Å²) in [4.78, 5) is 32.6. The third-order valence-electron chi connectivity index (χ3n) is 4.27. The number of nitrogens with one attached hydrogen (secondary N) is 1. The Bertz CT molecular complexity index is 971. The molecule has 0 spiro atoms. The van der Waals surface area contributed by atoms with Crippen LogP contribution < -0.4 is 25.5 Å². The molecular formula is C20H21N3O4. The smallest absolute Gasteiger partial charge is 0.271 e. The van der Waals surface area contributed by atoms with E-state index in [4.69, 9.17) is 9.47 Å². The lowest BCUT2D eigenvalue weighted by atomic mass is 10.1. The molecule has 2 aromatic rings. The first-order chi connectivity index (χ1) is 13.1. The van der Waals surface area contributed by atoms with E-state index in [1.807, 2.05) is 30.3 Å². The molecule has 0 bridgehead atoms. The maximum absolute atomic E-state index is 12.1. The molecule has 0 fully saturated rings. The van der Waals surface area contributed by atoms with Gasteiger partial charge in [0.15, 0.2) is 11.5 Å². The Hall–Kier alpha value is -3.22. The van der Waals surface area contributed by atoms with Gasteiger partial charge in [0.05, 0.1) is 24.9 Å². The van der Waals surface area contributed by atoms with Crippen LogP contribution in [-0.4, -0.2) is 32.1 Å². The number of benzene rings is 2. The van der Waals surface area contributed by atoms with E-state index < -0.39 is 6.04 Å². The van der Waals surface area contributed by atoms with Crippen LogP contribution in [0, 0.1) is 0 Å². The molecule has 7 heteroatoms. The lowest BCUT2D eigenvalue weighted by Gasteiger charge is -2.12. The van der Waals surface area contributed by atoms with Crippen LogP contribution in [0.15, 0.2) is 52.4 Å². The topological polar surface area (TPSA) is 89.4 Å². The molecule has 1 aliphatic heterocycles. The van der Waals surface area contributed by atoms with Crippen LogP contribution in [0.4, 0.5) is 0 Å². The summed E-state index contributed by atoms with van der Waals surface area (Å²) in [7, 11) is 3.13. The number of carbonyl (C=O) groups excluding carboxylic acids is 2. The summed E-state index contributed by atoms with van der Waals surface area (Å²) in [6, 6.07) is 12.1. The molecule has 2 amide bonds. The molecule has 0 aromatic heterocycles. The zero-order valence-electron chi connectivity index (χ0n) is 15.3. The van der Waals surface area contributed by atoms with E-state index in [-0.39, 0.29) is 18.2 Å². The number of methoxy groups -OCH3 is 2. The van der Waals surface area contributed by atoms with Gasteiger partial charge in [-0.3, -0.25) is 14.6 Å². The van der Waals surface area contributed by atoms with Gasteiger partial charge < -0.3 is 14.8 Å². The normalized spacial score (nSPS) is 15.2. The molecular weight excluding hydrogens is 346 g/mol. The maximum Gasteiger partial charge on any atom is 0.271 e. The van der Waals surface area contributed by atoms with Gasteiger partial charge in [-0.1, -0.05) is 18.2 Å². The van der Waals surface area contributed by atoms with E-state index in [9.17, 15) is 9.59 Å². The van der Waals surface area contributed by atoms with Crippen molar-refractivity contribution in [2.45, 2.75) is 25.4 Å². The Labute approximate surface area is 156 Å². The number of carbonyl (C=O) groups is 2. The lowest BCUT2D eigenvalue weighted by molar-refractivity contribution is -0.122. The first-order valence-electron chi connectivity index (χ1n) is 8.63. The molecule has 1 N–H and O–H groups in total. The minimum Gasteiger partial charge on any atom is -0.493 e. The lowest BCUT2D eigenvalue weighted by Crippen LogP contribution is -2.37. The number of hydrogen-bond acceptors (Lipinski definition) is 5. The van der Waals surface area contributed by atoms with E-state index in [2.05, 4.69) is 15.3 Å². The van der Waals surface area contributed by atoms with Crippen molar-refractivity contribution in [1.82, 2.24) is 5.32 Å². The summed E-state index contributed by atoms with van der Waals surface area (Å²) < 4.78 is 10.4. The fourth-order valence-electron chi connectivity index (χ4n) is 2.82. The van der Waals surface area contributed by atoms with Gasteiger partial charge in [-0.05, 0) is 36.2 Å². The molecule has 1 heterocycles.